The van der Waals surface area contributed by atoms with Crippen molar-refractivity contribution in [1.82, 2.24) is 9.80 Å². The van der Waals surface area contributed by atoms with Gasteiger partial charge >= 0.3 is 0 Å². The number of amidine groups is 1. The standard InChI is InChI=1S/C24H43N3O2/c1-22(2,3)11-8-14-27-21(28)20(26-15-17-29-18-16-26)25-24(27)12-7-9-19(10-13-24)23(4,5)6/h19H,7-18H2,1-6H3. The van der Waals surface area contributed by atoms with Crippen LogP contribution >= 0.6 is 0 Å². The van der Waals surface area contributed by atoms with Gasteiger partial charge in [-0.15, -0.1) is 0 Å². The van der Waals surface area contributed by atoms with Crippen LogP contribution in [0.25, 0.3) is 0 Å². The van der Waals surface area contributed by atoms with Gasteiger partial charge in [-0.25, -0.2) is 4.99 Å². The lowest BCUT2D eigenvalue weighted by Gasteiger charge is -2.37. The summed E-state index contributed by atoms with van der Waals surface area (Å²) in [6, 6.07) is 0. The quantitative estimate of drug-likeness (QED) is 0.683. The molecule has 0 aromatic heterocycles. The highest BCUT2D eigenvalue weighted by Gasteiger charge is 2.49. The fourth-order valence-electron chi connectivity index (χ4n) is 5.23. The summed E-state index contributed by atoms with van der Waals surface area (Å²) in [5.74, 6) is 1.57. The van der Waals surface area contributed by atoms with E-state index < -0.39 is 0 Å². The van der Waals surface area contributed by atoms with Gasteiger partial charge in [-0.3, -0.25) is 4.79 Å². The van der Waals surface area contributed by atoms with Crippen molar-refractivity contribution in [2.75, 3.05) is 32.8 Å². The highest BCUT2D eigenvalue weighted by Crippen LogP contribution is 2.44. The number of morpholine rings is 1. The molecule has 1 amide bonds. The van der Waals surface area contributed by atoms with Gasteiger partial charge in [0.1, 0.15) is 5.66 Å². The minimum Gasteiger partial charge on any atom is -0.378 e. The van der Waals surface area contributed by atoms with E-state index in [1.807, 2.05) is 0 Å². The number of carbonyl (C=O) groups is 1. The smallest absolute Gasteiger partial charge is 0.291 e. The molecule has 3 rings (SSSR count). The first-order chi connectivity index (χ1) is 13.5. The minimum atomic E-state index is -0.317. The van der Waals surface area contributed by atoms with Gasteiger partial charge in [-0.2, -0.15) is 0 Å². The van der Waals surface area contributed by atoms with E-state index in [0.29, 0.717) is 35.8 Å². The highest BCUT2D eigenvalue weighted by atomic mass is 16.5. The van der Waals surface area contributed by atoms with E-state index in [1.165, 1.54) is 6.42 Å². The van der Waals surface area contributed by atoms with Crippen LogP contribution in [0.15, 0.2) is 4.99 Å². The number of hydrogen-bond donors (Lipinski definition) is 0. The minimum absolute atomic E-state index is 0.162. The van der Waals surface area contributed by atoms with Gasteiger partial charge in [0.15, 0.2) is 5.84 Å². The second kappa shape index (κ2) is 8.56. The van der Waals surface area contributed by atoms with Crippen LogP contribution in [-0.4, -0.2) is 60.1 Å². The molecule has 0 aromatic carbocycles. The van der Waals surface area contributed by atoms with Crippen LogP contribution < -0.4 is 0 Å². The summed E-state index contributed by atoms with van der Waals surface area (Å²) in [4.78, 5) is 23.1. The molecule has 5 heteroatoms. The Balaban J connectivity index is 1.82. The summed E-state index contributed by atoms with van der Waals surface area (Å²) in [6.45, 7) is 17.7. The van der Waals surface area contributed by atoms with Gasteiger partial charge in [0, 0.05) is 19.6 Å². The lowest BCUT2D eigenvalue weighted by atomic mass is 9.76. The maximum absolute atomic E-state index is 13.5. The summed E-state index contributed by atoms with van der Waals surface area (Å²) < 4.78 is 5.51. The fourth-order valence-corrected chi connectivity index (χ4v) is 5.23. The number of ether oxygens (including phenoxy) is 1. The summed E-state index contributed by atoms with van der Waals surface area (Å²) in [6.07, 6.45) is 7.75. The maximum Gasteiger partial charge on any atom is 0.291 e. The number of rotatable bonds is 3. The molecule has 1 spiro atoms. The predicted octanol–water partition coefficient (Wildman–Crippen LogP) is 4.71. The fraction of sp³-hybridized carbons (Fsp3) is 0.917. The maximum atomic E-state index is 13.5. The zero-order valence-electron chi connectivity index (χ0n) is 19.7. The van der Waals surface area contributed by atoms with Crippen molar-refractivity contribution in [3.63, 3.8) is 0 Å². The number of amides is 1. The van der Waals surface area contributed by atoms with E-state index in [0.717, 1.165) is 58.2 Å². The van der Waals surface area contributed by atoms with Gasteiger partial charge in [0.2, 0.25) is 0 Å². The predicted molar refractivity (Wildman–Crippen MR) is 119 cm³/mol. The number of carbonyl (C=O) groups excluding carboxylic acids is 1. The molecule has 1 saturated carbocycles. The third-order valence-electron chi connectivity index (χ3n) is 7.12. The Labute approximate surface area is 178 Å². The van der Waals surface area contributed by atoms with E-state index in [2.05, 4.69) is 51.3 Å². The van der Waals surface area contributed by atoms with E-state index in [1.54, 1.807) is 0 Å². The zero-order valence-corrected chi connectivity index (χ0v) is 19.7. The van der Waals surface area contributed by atoms with E-state index in [4.69, 9.17) is 9.73 Å². The third-order valence-corrected chi connectivity index (χ3v) is 7.12. The Morgan fingerprint density at radius 1 is 1.07 bits per heavy atom. The second-order valence-electron chi connectivity index (χ2n) is 11.6. The molecule has 3 aliphatic rings. The van der Waals surface area contributed by atoms with Crippen LogP contribution in [0.5, 0.6) is 0 Å². The van der Waals surface area contributed by atoms with Crippen molar-refractivity contribution in [3.05, 3.63) is 0 Å². The Kier molecular flexibility index (Phi) is 6.67. The molecule has 2 fully saturated rings. The summed E-state index contributed by atoms with van der Waals surface area (Å²) in [5, 5.41) is 0. The Hall–Kier alpha value is -1.10. The first kappa shape index (κ1) is 22.6. The van der Waals surface area contributed by atoms with Crippen LogP contribution in [-0.2, 0) is 9.53 Å². The van der Waals surface area contributed by atoms with Crippen molar-refractivity contribution in [2.24, 2.45) is 21.7 Å². The topological polar surface area (TPSA) is 45.1 Å². The molecule has 1 saturated heterocycles. The van der Waals surface area contributed by atoms with Crippen LogP contribution in [0.2, 0.25) is 0 Å². The lowest BCUT2D eigenvalue weighted by Crippen LogP contribution is -2.50. The largest absolute Gasteiger partial charge is 0.378 e. The molecular formula is C24H43N3O2. The molecule has 2 heterocycles. The number of aliphatic imine (C=N–C) groups is 1. The Morgan fingerprint density at radius 3 is 2.38 bits per heavy atom. The van der Waals surface area contributed by atoms with Gasteiger partial charge in [0.25, 0.3) is 5.91 Å². The first-order valence-electron chi connectivity index (χ1n) is 11.8. The molecule has 0 bridgehead atoms. The van der Waals surface area contributed by atoms with Crippen LogP contribution in [0, 0.1) is 16.7 Å². The van der Waals surface area contributed by atoms with Gasteiger partial charge in [-0.05, 0) is 61.7 Å². The monoisotopic (exact) mass is 405 g/mol. The van der Waals surface area contributed by atoms with Crippen molar-refractivity contribution in [1.29, 1.82) is 0 Å². The molecule has 2 unspecified atom stereocenters. The van der Waals surface area contributed by atoms with Crippen LogP contribution in [0.4, 0.5) is 0 Å². The molecule has 166 valence electrons. The SMILES string of the molecule is CC(C)(C)CCCN1C(=O)C(N2CCOCC2)=NC12CCCC(C(C)(C)C)CC2. The van der Waals surface area contributed by atoms with Gasteiger partial charge < -0.3 is 14.5 Å². The Morgan fingerprint density at radius 2 is 1.76 bits per heavy atom. The molecular weight excluding hydrogens is 362 g/mol. The normalized spacial score (nSPS) is 29.4. The van der Waals surface area contributed by atoms with Gasteiger partial charge in [-0.1, -0.05) is 41.5 Å². The van der Waals surface area contributed by atoms with E-state index >= 15 is 0 Å². The molecule has 0 N–H and O–H groups in total. The number of nitrogens with zero attached hydrogens (tertiary/aromatic N) is 3. The average Bonchev–Trinajstić information content (AvgIpc) is 2.78. The second-order valence-corrected chi connectivity index (χ2v) is 11.6. The summed E-state index contributed by atoms with van der Waals surface area (Å²) in [7, 11) is 0. The molecule has 5 nitrogen and oxygen atoms in total. The Bertz CT molecular complexity index is 611. The van der Waals surface area contributed by atoms with Crippen LogP contribution in [0.1, 0.15) is 86.5 Å². The van der Waals surface area contributed by atoms with Crippen LogP contribution in [0.3, 0.4) is 0 Å². The molecule has 0 aromatic rings. The van der Waals surface area contributed by atoms with Gasteiger partial charge in [0.05, 0.1) is 13.2 Å². The number of hydrogen-bond acceptors (Lipinski definition) is 4. The third kappa shape index (κ3) is 5.34. The molecule has 1 aliphatic carbocycles. The lowest BCUT2D eigenvalue weighted by molar-refractivity contribution is -0.129. The average molecular weight is 406 g/mol. The highest BCUT2D eigenvalue weighted by molar-refractivity contribution is 6.39. The van der Waals surface area contributed by atoms with Crippen molar-refractivity contribution < 1.29 is 9.53 Å². The van der Waals surface area contributed by atoms with E-state index in [9.17, 15) is 4.79 Å². The molecule has 2 aliphatic heterocycles. The van der Waals surface area contributed by atoms with Crippen molar-refractivity contribution in [2.45, 2.75) is 92.2 Å². The summed E-state index contributed by atoms with van der Waals surface area (Å²) >= 11 is 0. The van der Waals surface area contributed by atoms with E-state index in [-0.39, 0.29) is 11.6 Å². The molecule has 0 radical (unpaired) electrons. The van der Waals surface area contributed by atoms with Crippen molar-refractivity contribution in [3.8, 4) is 0 Å². The molecule has 2 atom stereocenters. The van der Waals surface area contributed by atoms with Crippen molar-refractivity contribution >= 4 is 11.7 Å². The first-order valence-corrected chi connectivity index (χ1v) is 11.8. The summed E-state index contributed by atoms with van der Waals surface area (Å²) in [5.41, 5.74) is 0.301. The molecule has 29 heavy (non-hydrogen) atoms. The zero-order chi connectivity index (χ0) is 21.3.